The van der Waals surface area contributed by atoms with Crippen LogP contribution in [0.5, 0.6) is 0 Å². The third kappa shape index (κ3) is 5.26. The van der Waals surface area contributed by atoms with E-state index in [0.717, 1.165) is 40.2 Å². The van der Waals surface area contributed by atoms with Gasteiger partial charge in [-0.3, -0.25) is 4.79 Å². The van der Waals surface area contributed by atoms with Gasteiger partial charge in [-0.15, -0.1) is 0 Å². The normalized spacial score (nSPS) is 14.0. The molecule has 33 heavy (non-hydrogen) atoms. The Balaban J connectivity index is 1.19. The highest BCUT2D eigenvalue weighted by atomic mass is 32.2. The molecule has 1 aliphatic rings. The van der Waals surface area contributed by atoms with Gasteiger partial charge in [-0.25, -0.2) is 0 Å². The van der Waals surface area contributed by atoms with Crippen LogP contribution >= 0.6 is 11.9 Å². The summed E-state index contributed by atoms with van der Waals surface area (Å²) >= 11 is 1.50. The highest BCUT2D eigenvalue weighted by Gasteiger charge is 2.44. The Morgan fingerprint density at radius 2 is 1.76 bits per heavy atom. The molecule has 1 aliphatic carbocycles. The largest absolute Gasteiger partial charge is 0.339 e. The molecular formula is C26H24N4O2S. The quantitative estimate of drug-likeness (QED) is 0.308. The first-order valence-electron chi connectivity index (χ1n) is 10.9. The Morgan fingerprint density at radius 3 is 2.52 bits per heavy atom. The van der Waals surface area contributed by atoms with Crippen molar-refractivity contribution < 1.29 is 9.32 Å². The van der Waals surface area contributed by atoms with Gasteiger partial charge in [0.2, 0.25) is 17.6 Å². The molecule has 1 aromatic heterocycles. The Hall–Kier alpha value is -3.58. The molecule has 1 saturated carbocycles. The van der Waals surface area contributed by atoms with Gasteiger partial charge in [0.15, 0.2) is 0 Å². The van der Waals surface area contributed by atoms with E-state index in [4.69, 9.17) is 4.52 Å². The first-order chi connectivity index (χ1) is 16.1. The van der Waals surface area contributed by atoms with Crippen molar-refractivity contribution >= 4 is 29.2 Å². The summed E-state index contributed by atoms with van der Waals surface area (Å²) in [5.74, 6) is 1.27. The van der Waals surface area contributed by atoms with Crippen molar-refractivity contribution in [1.82, 2.24) is 10.1 Å². The van der Waals surface area contributed by atoms with Crippen molar-refractivity contribution in [3.63, 3.8) is 0 Å². The van der Waals surface area contributed by atoms with Gasteiger partial charge in [0.05, 0.1) is 6.42 Å². The van der Waals surface area contributed by atoms with Gasteiger partial charge in [0, 0.05) is 27.2 Å². The van der Waals surface area contributed by atoms with Crippen LogP contribution in [0, 0.1) is 5.41 Å². The third-order valence-corrected chi connectivity index (χ3v) is 6.56. The molecule has 1 fully saturated rings. The van der Waals surface area contributed by atoms with Crippen LogP contribution in [0.4, 0.5) is 11.4 Å². The van der Waals surface area contributed by atoms with Gasteiger partial charge in [-0.05, 0) is 66.8 Å². The molecule has 0 spiro atoms. The second-order valence-corrected chi connectivity index (χ2v) is 9.38. The third-order valence-electron chi connectivity index (χ3n) is 5.74. The van der Waals surface area contributed by atoms with Crippen molar-refractivity contribution in [2.24, 2.45) is 5.41 Å². The van der Waals surface area contributed by atoms with Crippen LogP contribution in [0.25, 0.3) is 11.4 Å². The van der Waals surface area contributed by atoms with Crippen LogP contribution in [0.3, 0.4) is 0 Å². The van der Waals surface area contributed by atoms with E-state index in [-0.39, 0.29) is 11.3 Å². The summed E-state index contributed by atoms with van der Waals surface area (Å²) in [5.41, 5.74) is 3.61. The molecule has 166 valence electrons. The van der Waals surface area contributed by atoms with E-state index in [9.17, 15) is 4.79 Å². The Bertz CT molecular complexity index is 1250. The first kappa shape index (κ1) is 21.3. The van der Waals surface area contributed by atoms with Gasteiger partial charge in [0.1, 0.15) is 0 Å². The number of hydrogen-bond acceptors (Lipinski definition) is 6. The van der Waals surface area contributed by atoms with E-state index in [0.29, 0.717) is 18.1 Å². The van der Waals surface area contributed by atoms with Gasteiger partial charge in [-0.1, -0.05) is 54.5 Å². The lowest BCUT2D eigenvalue weighted by atomic mass is 10.1. The van der Waals surface area contributed by atoms with Crippen molar-refractivity contribution in [3.05, 3.63) is 90.3 Å². The monoisotopic (exact) mass is 456 g/mol. The van der Waals surface area contributed by atoms with Crippen LogP contribution in [0.2, 0.25) is 0 Å². The maximum atomic E-state index is 12.2. The number of carbonyl (C=O) groups is 1. The minimum absolute atomic E-state index is 0.0998. The highest BCUT2D eigenvalue weighted by Crippen LogP contribution is 2.45. The predicted molar refractivity (Wildman–Crippen MR) is 131 cm³/mol. The summed E-state index contributed by atoms with van der Waals surface area (Å²) in [7, 11) is 0. The van der Waals surface area contributed by atoms with Crippen LogP contribution in [-0.2, 0) is 11.2 Å². The fourth-order valence-corrected chi connectivity index (χ4v) is 4.05. The van der Waals surface area contributed by atoms with Gasteiger partial charge >= 0.3 is 0 Å². The Kier molecular flexibility index (Phi) is 5.88. The molecule has 2 N–H and O–H groups in total. The number of hydrogen-bond donors (Lipinski definition) is 2. The predicted octanol–water partition coefficient (Wildman–Crippen LogP) is 6.19. The van der Waals surface area contributed by atoms with Crippen molar-refractivity contribution in [1.29, 1.82) is 0 Å². The zero-order valence-electron chi connectivity index (χ0n) is 18.2. The van der Waals surface area contributed by atoms with Crippen LogP contribution in [0.15, 0.2) is 88.3 Å². The molecule has 0 unspecified atom stereocenters. The molecule has 0 saturated heterocycles. The zero-order chi connectivity index (χ0) is 22.7. The van der Waals surface area contributed by atoms with Gasteiger partial charge in [0.25, 0.3) is 0 Å². The van der Waals surface area contributed by atoms with Crippen LogP contribution in [-0.4, -0.2) is 16.0 Å². The Labute approximate surface area is 196 Å². The average molecular weight is 457 g/mol. The topological polar surface area (TPSA) is 80.0 Å². The van der Waals surface area contributed by atoms with E-state index in [1.165, 1.54) is 11.9 Å². The molecule has 0 aliphatic heterocycles. The fourth-order valence-electron chi connectivity index (χ4n) is 3.35. The first-order valence-corrected chi connectivity index (χ1v) is 11.7. The molecule has 5 rings (SSSR count). The number of carbonyl (C=O) groups excluding carboxylic acids is 1. The van der Waals surface area contributed by atoms with Crippen molar-refractivity contribution in [2.45, 2.75) is 31.1 Å². The average Bonchev–Trinajstić information content (AvgIpc) is 3.43. The summed E-state index contributed by atoms with van der Waals surface area (Å²) in [4.78, 5) is 17.8. The second kappa shape index (κ2) is 9.11. The number of benzene rings is 3. The number of aromatic nitrogens is 2. The standard InChI is InChI=1S/C26H24N4O2S/c1-26(14-15-26)25(31)27-20-10-12-21(13-11-20)30-33-22-9-5-8-19(17-22)24-28-23(32-29-24)16-18-6-3-2-4-7-18/h2-13,17,30H,14-16H2,1H3,(H,27,31). The molecule has 4 aromatic rings. The minimum Gasteiger partial charge on any atom is -0.339 e. The molecule has 3 aromatic carbocycles. The smallest absolute Gasteiger partial charge is 0.231 e. The summed E-state index contributed by atoms with van der Waals surface area (Å²) in [5, 5.41) is 7.14. The van der Waals surface area contributed by atoms with E-state index in [1.807, 2.05) is 85.8 Å². The fraction of sp³-hybridized carbons (Fsp3) is 0.192. The van der Waals surface area contributed by atoms with Crippen LogP contribution in [0.1, 0.15) is 31.2 Å². The van der Waals surface area contributed by atoms with Crippen molar-refractivity contribution in [2.75, 3.05) is 10.0 Å². The van der Waals surface area contributed by atoms with E-state index >= 15 is 0 Å². The van der Waals surface area contributed by atoms with E-state index < -0.39 is 0 Å². The number of anilines is 2. The lowest BCUT2D eigenvalue weighted by Crippen LogP contribution is -2.21. The highest BCUT2D eigenvalue weighted by molar-refractivity contribution is 8.00. The van der Waals surface area contributed by atoms with Crippen molar-refractivity contribution in [3.8, 4) is 11.4 Å². The van der Waals surface area contributed by atoms with Gasteiger partial charge < -0.3 is 14.6 Å². The molecule has 6 nitrogen and oxygen atoms in total. The lowest BCUT2D eigenvalue weighted by molar-refractivity contribution is -0.120. The molecule has 1 amide bonds. The summed E-state index contributed by atoms with van der Waals surface area (Å²) in [6.07, 6.45) is 2.54. The van der Waals surface area contributed by atoms with Gasteiger partial charge in [-0.2, -0.15) is 4.98 Å². The molecule has 0 radical (unpaired) electrons. The summed E-state index contributed by atoms with van der Waals surface area (Å²) in [6, 6.07) is 25.8. The maximum absolute atomic E-state index is 12.2. The number of nitrogens with one attached hydrogen (secondary N) is 2. The zero-order valence-corrected chi connectivity index (χ0v) is 19.1. The summed E-state index contributed by atoms with van der Waals surface area (Å²) in [6.45, 7) is 2.00. The number of nitrogens with zero attached hydrogens (tertiary/aromatic N) is 2. The van der Waals surface area contributed by atoms with Crippen LogP contribution < -0.4 is 10.0 Å². The maximum Gasteiger partial charge on any atom is 0.231 e. The lowest BCUT2D eigenvalue weighted by Gasteiger charge is -2.11. The molecule has 0 bridgehead atoms. The number of rotatable bonds is 8. The van der Waals surface area contributed by atoms with E-state index in [1.54, 1.807) is 0 Å². The Morgan fingerprint density at radius 1 is 1.00 bits per heavy atom. The second-order valence-electron chi connectivity index (χ2n) is 8.50. The number of amides is 1. The SMILES string of the molecule is CC1(C(=O)Nc2ccc(NSc3cccc(-c4noc(Cc5ccccc5)n4)c3)cc2)CC1. The summed E-state index contributed by atoms with van der Waals surface area (Å²) < 4.78 is 8.78. The molecule has 7 heteroatoms. The molecular weight excluding hydrogens is 432 g/mol. The van der Waals surface area contributed by atoms with E-state index in [2.05, 4.69) is 20.2 Å². The molecule has 1 heterocycles. The molecule has 0 atom stereocenters. The minimum atomic E-state index is -0.182.